The summed E-state index contributed by atoms with van der Waals surface area (Å²) in [6.07, 6.45) is 3.03. The fourth-order valence-corrected chi connectivity index (χ4v) is 2.31. The summed E-state index contributed by atoms with van der Waals surface area (Å²) in [4.78, 5) is 25.9. The lowest BCUT2D eigenvalue weighted by molar-refractivity contribution is -0.141. The number of H-pyrrole nitrogens is 1. The number of aryl methyl sites for hydroxylation is 1. The van der Waals surface area contributed by atoms with Crippen molar-refractivity contribution >= 4 is 22.8 Å². The van der Waals surface area contributed by atoms with Crippen molar-refractivity contribution in [2.75, 3.05) is 6.54 Å². The zero-order valence-corrected chi connectivity index (χ0v) is 12.3. The number of hydrogen-bond acceptors (Lipinski definition) is 2. The number of carbonyl (C=O) groups is 2. The van der Waals surface area contributed by atoms with Gasteiger partial charge in [-0.25, -0.2) is 0 Å². The zero-order chi connectivity index (χ0) is 15.4. The molecule has 0 saturated heterocycles. The highest BCUT2D eigenvalue weighted by Gasteiger charge is 2.14. The first-order valence-corrected chi connectivity index (χ1v) is 7.10. The Labute approximate surface area is 123 Å². The van der Waals surface area contributed by atoms with Gasteiger partial charge in [0, 0.05) is 23.6 Å². The number of fused-ring (bicyclic) bond motifs is 1. The van der Waals surface area contributed by atoms with E-state index in [-0.39, 0.29) is 18.9 Å². The van der Waals surface area contributed by atoms with Gasteiger partial charge in [-0.15, -0.1) is 0 Å². The number of amides is 1. The molecule has 21 heavy (non-hydrogen) atoms. The molecule has 0 bridgehead atoms. The molecule has 0 aliphatic rings. The molecule has 2 aromatic rings. The van der Waals surface area contributed by atoms with Crippen LogP contribution in [-0.2, 0) is 22.4 Å². The fraction of sp³-hybridized carbons (Fsp3) is 0.375. The van der Waals surface area contributed by atoms with Crippen LogP contribution in [0, 0.1) is 5.92 Å². The molecule has 0 radical (unpaired) electrons. The smallest absolute Gasteiger partial charge is 0.308 e. The molecule has 3 N–H and O–H groups in total. The Hall–Kier alpha value is -2.30. The predicted molar refractivity (Wildman–Crippen MR) is 81.2 cm³/mol. The molecule has 1 amide bonds. The van der Waals surface area contributed by atoms with Crippen LogP contribution in [0.15, 0.2) is 24.4 Å². The molecule has 0 saturated carbocycles. The van der Waals surface area contributed by atoms with Crippen molar-refractivity contribution in [1.29, 1.82) is 0 Å². The van der Waals surface area contributed by atoms with Gasteiger partial charge in [0.05, 0.1) is 12.3 Å². The van der Waals surface area contributed by atoms with Gasteiger partial charge in [-0.05, 0) is 17.5 Å². The number of nitrogens with one attached hydrogen (secondary N) is 2. The molecule has 5 nitrogen and oxygen atoms in total. The third-order valence-corrected chi connectivity index (χ3v) is 3.65. The highest BCUT2D eigenvalue weighted by Crippen LogP contribution is 2.22. The molecule has 1 aromatic heterocycles. The Morgan fingerprint density at radius 1 is 1.33 bits per heavy atom. The Morgan fingerprint density at radius 2 is 2.10 bits per heavy atom. The van der Waals surface area contributed by atoms with Gasteiger partial charge in [0.2, 0.25) is 5.91 Å². The summed E-state index contributed by atoms with van der Waals surface area (Å²) >= 11 is 0. The lowest BCUT2D eigenvalue weighted by atomic mass is 10.1. The van der Waals surface area contributed by atoms with Crippen molar-refractivity contribution in [3.8, 4) is 0 Å². The summed E-state index contributed by atoms with van der Waals surface area (Å²) in [5, 5.41) is 12.5. The lowest BCUT2D eigenvalue weighted by Crippen LogP contribution is -2.32. The Balaban J connectivity index is 2.06. The molecule has 1 unspecified atom stereocenters. The number of benzene rings is 1. The molecule has 1 heterocycles. The van der Waals surface area contributed by atoms with E-state index in [1.807, 2.05) is 18.3 Å². The molecular formula is C16H20N2O3. The van der Waals surface area contributed by atoms with E-state index < -0.39 is 11.9 Å². The van der Waals surface area contributed by atoms with Crippen molar-refractivity contribution < 1.29 is 14.7 Å². The highest BCUT2D eigenvalue weighted by molar-refractivity contribution is 5.90. The van der Waals surface area contributed by atoms with Gasteiger partial charge in [0.1, 0.15) is 0 Å². The van der Waals surface area contributed by atoms with Crippen LogP contribution in [0.25, 0.3) is 10.9 Å². The van der Waals surface area contributed by atoms with Crippen molar-refractivity contribution in [2.24, 2.45) is 5.92 Å². The molecular weight excluding hydrogens is 268 g/mol. The Morgan fingerprint density at radius 3 is 2.76 bits per heavy atom. The van der Waals surface area contributed by atoms with Gasteiger partial charge in [-0.3, -0.25) is 9.59 Å². The summed E-state index contributed by atoms with van der Waals surface area (Å²) in [6, 6.07) is 6.05. The third-order valence-electron chi connectivity index (χ3n) is 3.65. The average Bonchev–Trinajstić information content (AvgIpc) is 2.87. The minimum absolute atomic E-state index is 0.150. The first-order chi connectivity index (χ1) is 10.0. The molecule has 0 fully saturated rings. The van der Waals surface area contributed by atoms with E-state index in [0.29, 0.717) is 0 Å². The minimum atomic E-state index is -0.907. The summed E-state index contributed by atoms with van der Waals surface area (Å²) in [7, 11) is 0. The Kier molecular flexibility index (Phi) is 4.62. The molecule has 0 spiro atoms. The fourth-order valence-electron chi connectivity index (χ4n) is 2.31. The quantitative estimate of drug-likeness (QED) is 0.761. The third kappa shape index (κ3) is 3.42. The summed E-state index contributed by atoms with van der Waals surface area (Å²) in [6.45, 7) is 3.81. The van der Waals surface area contributed by atoms with Crippen LogP contribution >= 0.6 is 0 Å². The second-order valence-electron chi connectivity index (χ2n) is 5.23. The summed E-state index contributed by atoms with van der Waals surface area (Å²) in [5.74, 6) is -1.65. The summed E-state index contributed by atoms with van der Waals surface area (Å²) in [5.41, 5.74) is 3.22. The van der Waals surface area contributed by atoms with E-state index in [0.717, 1.165) is 22.9 Å². The number of carboxylic acid groups (broad SMARTS) is 1. The van der Waals surface area contributed by atoms with Gasteiger partial charge in [0.25, 0.3) is 0 Å². The van der Waals surface area contributed by atoms with E-state index >= 15 is 0 Å². The van der Waals surface area contributed by atoms with E-state index in [4.69, 9.17) is 5.11 Å². The van der Waals surface area contributed by atoms with Crippen molar-refractivity contribution in [3.05, 3.63) is 35.5 Å². The largest absolute Gasteiger partial charge is 0.481 e. The SMILES string of the molecule is CCc1cccc2c(CC(=O)NCC(C)C(=O)O)c[nH]c12. The van der Waals surface area contributed by atoms with E-state index in [2.05, 4.69) is 23.3 Å². The molecule has 1 aromatic carbocycles. The highest BCUT2D eigenvalue weighted by atomic mass is 16.4. The Bertz CT molecular complexity index is 661. The second kappa shape index (κ2) is 6.43. The van der Waals surface area contributed by atoms with Gasteiger partial charge >= 0.3 is 5.97 Å². The number of hydrogen-bond donors (Lipinski definition) is 3. The monoisotopic (exact) mass is 288 g/mol. The maximum absolute atomic E-state index is 11.9. The predicted octanol–water partition coefficient (Wildman–Crippen LogP) is 2.11. The molecule has 0 aliphatic carbocycles. The maximum atomic E-state index is 11.9. The maximum Gasteiger partial charge on any atom is 0.308 e. The molecule has 1 atom stereocenters. The van der Waals surface area contributed by atoms with Crippen LogP contribution < -0.4 is 5.32 Å². The van der Waals surface area contributed by atoms with Crippen molar-refractivity contribution in [3.63, 3.8) is 0 Å². The standard InChI is InChI=1S/C16H20N2O3/c1-3-11-5-4-6-13-12(9-18-15(11)13)7-14(19)17-8-10(2)16(20)21/h4-6,9-10,18H,3,7-8H2,1-2H3,(H,17,19)(H,20,21). The number of aliphatic carboxylic acids is 1. The van der Waals surface area contributed by atoms with Crippen LogP contribution in [0.3, 0.4) is 0 Å². The van der Waals surface area contributed by atoms with Crippen molar-refractivity contribution in [2.45, 2.75) is 26.7 Å². The number of carbonyl (C=O) groups excluding carboxylic acids is 1. The molecule has 112 valence electrons. The van der Waals surface area contributed by atoms with Crippen LogP contribution in [0.4, 0.5) is 0 Å². The first-order valence-electron chi connectivity index (χ1n) is 7.10. The van der Waals surface area contributed by atoms with E-state index in [1.165, 1.54) is 5.56 Å². The van der Waals surface area contributed by atoms with E-state index in [9.17, 15) is 9.59 Å². The van der Waals surface area contributed by atoms with Crippen molar-refractivity contribution in [1.82, 2.24) is 10.3 Å². The zero-order valence-electron chi connectivity index (χ0n) is 12.3. The number of carboxylic acids is 1. The van der Waals surface area contributed by atoms with Gasteiger partial charge < -0.3 is 15.4 Å². The van der Waals surface area contributed by atoms with Crippen LogP contribution in [0.2, 0.25) is 0 Å². The average molecular weight is 288 g/mol. The normalized spacial score (nSPS) is 12.3. The molecule has 2 rings (SSSR count). The molecule has 5 heteroatoms. The van der Waals surface area contributed by atoms with Crippen LogP contribution in [-0.4, -0.2) is 28.5 Å². The number of para-hydroxylation sites is 1. The van der Waals surface area contributed by atoms with Gasteiger partial charge in [-0.1, -0.05) is 32.0 Å². The molecule has 0 aliphatic heterocycles. The van der Waals surface area contributed by atoms with E-state index in [1.54, 1.807) is 6.92 Å². The van der Waals surface area contributed by atoms with Crippen LogP contribution in [0.5, 0.6) is 0 Å². The number of aromatic nitrogens is 1. The lowest BCUT2D eigenvalue weighted by Gasteiger charge is -2.08. The number of aromatic amines is 1. The summed E-state index contributed by atoms with van der Waals surface area (Å²) < 4.78 is 0. The van der Waals surface area contributed by atoms with Gasteiger partial charge in [0.15, 0.2) is 0 Å². The second-order valence-corrected chi connectivity index (χ2v) is 5.23. The number of rotatable bonds is 6. The minimum Gasteiger partial charge on any atom is -0.481 e. The van der Waals surface area contributed by atoms with Gasteiger partial charge in [-0.2, -0.15) is 0 Å². The van der Waals surface area contributed by atoms with Crippen LogP contribution in [0.1, 0.15) is 25.0 Å². The topological polar surface area (TPSA) is 82.2 Å². The first kappa shape index (κ1) is 15.1.